The van der Waals surface area contributed by atoms with Crippen LogP contribution in [0.5, 0.6) is 0 Å². The topological polar surface area (TPSA) is 46.2 Å². The monoisotopic (exact) mass is 411 g/mol. The molecular weight excluding hydrogens is 400 g/mol. The predicted molar refractivity (Wildman–Crippen MR) is 96.0 cm³/mol. The second kappa shape index (κ2) is 7.18. The average molecular weight is 413 g/mol. The Labute approximate surface area is 155 Å². The molecule has 2 aromatic rings. The smallest absolute Gasteiger partial charge is 0.207 e. The molecule has 0 aromatic heterocycles. The van der Waals surface area contributed by atoms with Crippen LogP contribution in [0.4, 0.5) is 0 Å². The maximum absolute atomic E-state index is 12.5. The predicted octanol–water partition coefficient (Wildman–Crippen LogP) is 5.04. The minimum Gasteiger partial charge on any atom is -0.207 e. The SMILES string of the molecule is Cc1ccc(S(=O)(=O)NC(c2ccc(Cl)cc2)C(Cl)(Cl)Cl)cc1. The van der Waals surface area contributed by atoms with Crippen LogP contribution < -0.4 is 4.72 Å². The molecule has 2 rings (SSSR count). The fraction of sp³-hybridized carbons (Fsp3) is 0.200. The normalized spacial score (nSPS) is 13.8. The fourth-order valence-electron chi connectivity index (χ4n) is 1.92. The quantitative estimate of drug-likeness (QED) is 0.715. The van der Waals surface area contributed by atoms with Crippen LogP contribution in [0.25, 0.3) is 0 Å². The molecule has 1 atom stereocenters. The molecule has 0 fully saturated rings. The molecule has 0 saturated carbocycles. The lowest BCUT2D eigenvalue weighted by Crippen LogP contribution is -2.36. The third-order valence-electron chi connectivity index (χ3n) is 3.13. The number of hydrogen-bond acceptors (Lipinski definition) is 2. The lowest BCUT2D eigenvalue weighted by Gasteiger charge is -2.26. The van der Waals surface area contributed by atoms with Crippen molar-refractivity contribution in [2.75, 3.05) is 0 Å². The summed E-state index contributed by atoms with van der Waals surface area (Å²) >= 11 is 23.7. The van der Waals surface area contributed by atoms with Crippen molar-refractivity contribution in [2.24, 2.45) is 0 Å². The van der Waals surface area contributed by atoms with Crippen LogP contribution in [-0.4, -0.2) is 12.2 Å². The Balaban J connectivity index is 2.38. The molecule has 3 nitrogen and oxygen atoms in total. The van der Waals surface area contributed by atoms with Crippen LogP contribution in [0.3, 0.4) is 0 Å². The van der Waals surface area contributed by atoms with Crippen molar-refractivity contribution in [1.29, 1.82) is 0 Å². The molecule has 0 aliphatic rings. The van der Waals surface area contributed by atoms with Gasteiger partial charge in [-0.2, -0.15) is 4.72 Å². The Morgan fingerprint density at radius 3 is 1.96 bits per heavy atom. The van der Waals surface area contributed by atoms with E-state index < -0.39 is 19.9 Å². The highest BCUT2D eigenvalue weighted by molar-refractivity contribution is 7.89. The number of alkyl halides is 3. The Morgan fingerprint density at radius 1 is 0.957 bits per heavy atom. The summed E-state index contributed by atoms with van der Waals surface area (Å²) in [5.41, 5.74) is 1.43. The van der Waals surface area contributed by atoms with E-state index in [1.54, 1.807) is 36.4 Å². The molecule has 0 saturated heterocycles. The molecule has 0 spiro atoms. The van der Waals surface area contributed by atoms with Crippen molar-refractivity contribution in [1.82, 2.24) is 4.72 Å². The third kappa shape index (κ3) is 4.99. The summed E-state index contributed by atoms with van der Waals surface area (Å²) in [5, 5.41) is 0.498. The van der Waals surface area contributed by atoms with Gasteiger partial charge in [0, 0.05) is 5.02 Å². The van der Waals surface area contributed by atoms with Gasteiger partial charge in [-0.25, -0.2) is 8.42 Å². The number of nitrogens with one attached hydrogen (secondary N) is 1. The molecule has 0 amide bonds. The van der Waals surface area contributed by atoms with Crippen molar-refractivity contribution in [2.45, 2.75) is 21.7 Å². The average Bonchev–Trinajstić information content (AvgIpc) is 2.45. The number of benzene rings is 2. The van der Waals surface area contributed by atoms with Crippen LogP contribution in [-0.2, 0) is 10.0 Å². The van der Waals surface area contributed by atoms with Gasteiger partial charge in [0.1, 0.15) is 0 Å². The van der Waals surface area contributed by atoms with Gasteiger partial charge in [0.2, 0.25) is 13.8 Å². The number of sulfonamides is 1. The van der Waals surface area contributed by atoms with Crippen molar-refractivity contribution in [3.8, 4) is 0 Å². The van der Waals surface area contributed by atoms with Crippen LogP contribution in [0.1, 0.15) is 17.2 Å². The molecule has 0 radical (unpaired) electrons. The van der Waals surface area contributed by atoms with Crippen molar-refractivity contribution in [3.05, 3.63) is 64.7 Å². The summed E-state index contributed by atoms with van der Waals surface area (Å²) in [4.78, 5) is 0.0938. The summed E-state index contributed by atoms with van der Waals surface area (Å²) in [6, 6.07) is 11.7. The third-order valence-corrected chi connectivity index (χ3v) is 5.48. The number of aryl methyl sites for hydroxylation is 1. The maximum Gasteiger partial charge on any atom is 0.241 e. The van der Waals surface area contributed by atoms with E-state index in [2.05, 4.69) is 4.72 Å². The van der Waals surface area contributed by atoms with Gasteiger partial charge in [-0.1, -0.05) is 76.2 Å². The second-order valence-electron chi connectivity index (χ2n) is 4.96. The lowest BCUT2D eigenvalue weighted by atomic mass is 10.1. The first-order chi connectivity index (χ1) is 10.6. The van der Waals surface area contributed by atoms with E-state index in [0.29, 0.717) is 10.6 Å². The van der Waals surface area contributed by atoms with Gasteiger partial charge in [-0.05, 0) is 36.8 Å². The zero-order valence-electron chi connectivity index (χ0n) is 11.9. The molecular formula is C15H13Cl4NO2S. The summed E-state index contributed by atoms with van der Waals surface area (Å²) in [6.45, 7) is 1.86. The Kier molecular flexibility index (Phi) is 5.88. The first kappa shape index (κ1) is 18.8. The van der Waals surface area contributed by atoms with E-state index in [1.165, 1.54) is 12.1 Å². The Hall–Kier alpha value is -0.490. The summed E-state index contributed by atoms with van der Waals surface area (Å²) in [7, 11) is -3.85. The number of halogens is 4. The zero-order chi connectivity index (χ0) is 17.3. The van der Waals surface area contributed by atoms with Crippen LogP contribution in [0.2, 0.25) is 5.02 Å². The lowest BCUT2D eigenvalue weighted by molar-refractivity contribution is 0.558. The van der Waals surface area contributed by atoms with Gasteiger partial charge in [-0.15, -0.1) is 0 Å². The van der Waals surface area contributed by atoms with E-state index in [4.69, 9.17) is 46.4 Å². The summed E-state index contributed by atoms with van der Waals surface area (Å²) in [6.07, 6.45) is 0. The van der Waals surface area contributed by atoms with Crippen molar-refractivity contribution < 1.29 is 8.42 Å². The molecule has 8 heteroatoms. The van der Waals surface area contributed by atoms with Gasteiger partial charge in [0.25, 0.3) is 0 Å². The Bertz CT molecular complexity index is 769. The van der Waals surface area contributed by atoms with Gasteiger partial charge in [0.05, 0.1) is 10.9 Å². The molecule has 1 unspecified atom stereocenters. The largest absolute Gasteiger partial charge is 0.241 e. The second-order valence-corrected chi connectivity index (χ2v) is 9.48. The molecule has 2 aromatic carbocycles. The van der Waals surface area contributed by atoms with Gasteiger partial charge < -0.3 is 0 Å². The van der Waals surface area contributed by atoms with E-state index in [9.17, 15) is 8.42 Å². The highest BCUT2D eigenvalue weighted by Gasteiger charge is 2.37. The molecule has 0 bridgehead atoms. The van der Waals surface area contributed by atoms with Crippen molar-refractivity contribution in [3.63, 3.8) is 0 Å². The summed E-state index contributed by atoms with van der Waals surface area (Å²) < 4.78 is 25.6. The van der Waals surface area contributed by atoms with E-state index >= 15 is 0 Å². The van der Waals surface area contributed by atoms with Crippen molar-refractivity contribution >= 4 is 56.4 Å². The minimum atomic E-state index is -3.85. The zero-order valence-corrected chi connectivity index (χ0v) is 15.8. The molecule has 0 aliphatic carbocycles. The van der Waals surface area contributed by atoms with E-state index in [-0.39, 0.29) is 4.90 Å². The van der Waals surface area contributed by atoms with Crippen LogP contribution >= 0.6 is 46.4 Å². The molecule has 0 aliphatic heterocycles. The van der Waals surface area contributed by atoms with Gasteiger partial charge >= 0.3 is 0 Å². The van der Waals surface area contributed by atoms with Crippen LogP contribution in [0, 0.1) is 6.92 Å². The Morgan fingerprint density at radius 2 is 1.48 bits per heavy atom. The first-order valence-corrected chi connectivity index (χ1v) is 9.50. The molecule has 0 heterocycles. The summed E-state index contributed by atoms with van der Waals surface area (Å²) in [5.74, 6) is 0. The number of rotatable bonds is 4. The highest BCUT2D eigenvalue weighted by atomic mass is 35.6. The molecule has 1 N–H and O–H groups in total. The standard InChI is InChI=1S/C15H13Cl4NO2S/c1-10-2-8-13(9-3-10)23(21,22)20-14(15(17,18)19)11-4-6-12(16)7-5-11/h2-9,14,20H,1H3. The molecule has 124 valence electrons. The fourth-order valence-corrected chi connectivity index (χ4v) is 4.04. The van der Waals surface area contributed by atoms with Crippen LogP contribution in [0.15, 0.2) is 53.4 Å². The van der Waals surface area contributed by atoms with Gasteiger partial charge in [0.15, 0.2) is 0 Å². The number of hydrogen-bond donors (Lipinski definition) is 1. The highest BCUT2D eigenvalue weighted by Crippen LogP contribution is 2.40. The molecule has 23 heavy (non-hydrogen) atoms. The maximum atomic E-state index is 12.5. The minimum absolute atomic E-state index is 0.0938. The van der Waals surface area contributed by atoms with E-state index in [0.717, 1.165) is 5.56 Å². The van der Waals surface area contributed by atoms with E-state index in [1.807, 2.05) is 6.92 Å². The first-order valence-electron chi connectivity index (χ1n) is 6.51. The van der Waals surface area contributed by atoms with Gasteiger partial charge in [-0.3, -0.25) is 0 Å².